The number of piperazine rings is 1. The molecule has 1 aliphatic heterocycles. The SMILES string of the molecule is COC(=O)C[C@H]1C(=O)NCCN1CC(C)C. The van der Waals surface area contributed by atoms with Crippen LogP contribution in [0.3, 0.4) is 0 Å². The Kier molecular flexibility index (Phi) is 4.73. The van der Waals surface area contributed by atoms with Gasteiger partial charge < -0.3 is 10.1 Å². The maximum atomic E-state index is 11.7. The van der Waals surface area contributed by atoms with E-state index in [9.17, 15) is 9.59 Å². The van der Waals surface area contributed by atoms with Crippen LogP contribution in [0.1, 0.15) is 20.3 Å². The van der Waals surface area contributed by atoms with Crippen molar-refractivity contribution in [3.05, 3.63) is 0 Å². The Hall–Kier alpha value is -1.10. The normalized spacial score (nSPS) is 22.0. The van der Waals surface area contributed by atoms with Gasteiger partial charge in [0.05, 0.1) is 19.6 Å². The van der Waals surface area contributed by atoms with Crippen LogP contribution in [-0.4, -0.2) is 49.6 Å². The highest BCUT2D eigenvalue weighted by atomic mass is 16.5. The van der Waals surface area contributed by atoms with Crippen LogP contribution in [0.4, 0.5) is 0 Å². The predicted octanol–water partition coefficient (Wildman–Crippen LogP) is 0.00590. The van der Waals surface area contributed by atoms with Crippen LogP contribution in [0.25, 0.3) is 0 Å². The van der Waals surface area contributed by atoms with Gasteiger partial charge in [-0.1, -0.05) is 13.8 Å². The van der Waals surface area contributed by atoms with Crippen LogP contribution >= 0.6 is 0 Å². The van der Waals surface area contributed by atoms with E-state index in [1.54, 1.807) is 0 Å². The molecule has 1 rings (SSSR count). The van der Waals surface area contributed by atoms with Crippen LogP contribution in [0.2, 0.25) is 0 Å². The molecular weight excluding hydrogens is 208 g/mol. The summed E-state index contributed by atoms with van der Waals surface area (Å²) in [5, 5.41) is 2.78. The maximum Gasteiger partial charge on any atom is 0.307 e. The van der Waals surface area contributed by atoms with Gasteiger partial charge >= 0.3 is 5.97 Å². The number of carbonyl (C=O) groups is 2. The van der Waals surface area contributed by atoms with Crippen LogP contribution in [0, 0.1) is 5.92 Å². The highest BCUT2D eigenvalue weighted by Gasteiger charge is 2.31. The summed E-state index contributed by atoms with van der Waals surface area (Å²) in [5.41, 5.74) is 0. The molecule has 5 nitrogen and oxygen atoms in total. The van der Waals surface area contributed by atoms with Crippen LogP contribution < -0.4 is 5.32 Å². The quantitative estimate of drug-likeness (QED) is 0.688. The highest BCUT2D eigenvalue weighted by Crippen LogP contribution is 2.12. The molecule has 1 N–H and O–H groups in total. The Labute approximate surface area is 96.1 Å². The summed E-state index contributed by atoms with van der Waals surface area (Å²) in [6, 6.07) is -0.372. The third kappa shape index (κ3) is 3.48. The van der Waals surface area contributed by atoms with Crippen molar-refractivity contribution >= 4 is 11.9 Å². The molecule has 0 bridgehead atoms. The molecule has 92 valence electrons. The Bertz CT molecular complexity index is 266. The molecule has 0 unspecified atom stereocenters. The fraction of sp³-hybridized carbons (Fsp3) is 0.818. The van der Waals surface area contributed by atoms with Gasteiger partial charge in [0.1, 0.15) is 0 Å². The van der Waals surface area contributed by atoms with Gasteiger partial charge in [-0.05, 0) is 5.92 Å². The highest BCUT2D eigenvalue weighted by molar-refractivity contribution is 5.87. The monoisotopic (exact) mass is 228 g/mol. The lowest BCUT2D eigenvalue weighted by molar-refractivity contribution is -0.146. The first-order valence-electron chi connectivity index (χ1n) is 5.63. The molecule has 16 heavy (non-hydrogen) atoms. The van der Waals surface area contributed by atoms with Gasteiger partial charge in [0.2, 0.25) is 5.91 Å². The lowest BCUT2D eigenvalue weighted by atomic mass is 10.1. The summed E-state index contributed by atoms with van der Waals surface area (Å²) in [7, 11) is 1.34. The molecule has 1 atom stereocenters. The van der Waals surface area contributed by atoms with Crippen molar-refractivity contribution in [3.63, 3.8) is 0 Å². The maximum absolute atomic E-state index is 11.7. The molecule has 0 spiro atoms. The Balaban J connectivity index is 2.63. The number of nitrogens with zero attached hydrogens (tertiary/aromatic N) is 1. The third-order valence-corrected chi connectivity index (χ3v) is 2.63. The lowest BCUT2D eigenvalue weighted by Gasteiger charge is -2.35. The molecule has 1 heterocycles. The summed E-state index contributed by atoms with van der Waals surface area (Å²) in [6.07, 6.45) is 0.134. The number of hydrogen-bond donors (Lipinski definition) is 1. The molecule has 0 radical (unpaired) electrons. The van der Waals surface area contributed by atoms with Crippen molar-refractivity contribution in [1.82, 2.24) is 10.2 Å². The van der Waals surface area contributed by atoms with Gasteiger partial charge in [-0.15, -0.1) is 0 Å². The van der Waals surface area contributed by atoms with Gasteiger partial charge in [-0.25, -0.2) is 0 Å². The average molecular weight is 228 g/mol. The first kappa shape index (κ1) is 13.0. The Morgan fingerprint density at radius 1 is 1.62 bits per heavy atom. The number of esters is 1. The lowest BCUT2D eigenvalue weighted by Crippen LogP contribution is -2.56. The number of nitrogens with one attached hydrogen (secondary N) is 1. The zero-order valence-electron chi connectivity index (χ0n) is 10.2. The van der Waals surface area contributed by atoms with E-state index in [1.165, 1.54) is 7.11 Å². The summed E-state index contributed by atoms with van der Waals surface area (Å²) >= 11 is 0. The molecule has 0 aromatic rings. The molecule has 1 fully saturated rings. The van der Waals surface area contributed by atoms with Gasteiger partial charge in [0.15, 0.2) is 0 Å². The molecule has 1 aliphatic rings. The van der Waals surface area contributed by atoms with Gasteiger partial charge in [-0.2, -0.15) is 0 Å². The standard InChI is InChI=1S/C11H20N2O3/c1-8(2)7-13-5-4-12-11(15)9(13)6-10(14)16-3/h8-9H,4-7H2,1-3H3,(H,12,15)/t9-/m0/s1. The second kappa shape index (κ2) is 5.84. The molecule has 0 aromatic heterocycles. The summed E-state index contributed by atoms with van der Waals surface area (Å²) in [6.45, 7) is 6.48. The topological polar surface area (TPSA) is 58.6 Å². The summed E-state index contributed by atoms with van der Waals surface area (Å²) in [5.74, 6) is 0.0687. The molecule has 0 aromatic carbocycles. The number of carbonyl (C=O) groups excluding carboxylic acids is 2. The number of methoxy groups -OCH3 is 1. The van der Waals surface area contributed by atoms with E-state index in [4.69, 9.17) is 0 Å². The van der Waals surface area contributed by atoms with Crippen LogP contribution in [-0.2, 0) is 14.3 Å². The third-order valence-electron chi connectivity index (χ3n) is 2.63. The van der Waals surface area contributed by atoms with Crippen molar-refractivity contribution in [1.29, 1.82) is 0 Å². The van der Waals surface area contributed by atoms with Crippen molar-refractivity contribution in [3.8, 4) is 0 Å². The minimum absolute atomic E-state index is 0.0719. The molecule has 0 saturated carbocycles. The van der Waals surface area contributed by atoms with Crippen LogP contribution in [0.15, 0.2) is 0 Å². The van der Waals surface area contributed by atoms with Crippen molar-refractivity contribution in [2.24, 2.45) is 5.92 Å². The van der Waals surface area contributed by atoms with E-state index in [0.29, 0.717) is 12.5 Å². The smallest absolute Gasteiger partial charge is 0.307 e. The summed E-state index contributed by atoms with van der Waals surface area (Å²) in [4.78, 5) is 25.0. The summed E-state index contributed by atoms with van der Waals surface area (Å²) < 4.78 is 4.61. The van der Waals surface area contributed by atoms with Crippen molar-refractivity contribution in [2.75, 3.05) is 26.7 Å². The zero-order chi connectivity index (χ0) is 12.1. The number of hydrogen-bond acceptors (Lipinski definition) is 4. The molecule has 1 amide bonds. The second-order valence-electron chi connectivity index (χ2n) is 4.48. The molecular formula is C11H20N2O3. The van der Waals surface area contributed by atoms with E-state index in [-0.39, 0.29) is 24.3 Å². The van der Waals surface area contributed by atoms with Crippen LogP contribution in [0.5, 0.6) is 0 Å². The van der Waals surface area contributed by atoms with E-state index in [1.807, 2.05) is 0 Å². The molecule has 1 saturated heterocycles. The predicted molar refractivity (Wildman–Crippen MR) is 59.8 cm³/mol. The average Bonchev–Trinajstić information content (AvgIpc) is 2.22. The minimum Gasteiger partial charge on any atom is -0.469 e. The van der Waals surface area contributed by atoms with E-state index in [0.717, 1.165) is 13.1 Å². The first-order valence-corrected chi connectivity index (χ1v) is 5.63. The van der Waals surface area contributed by atoms with E-state index >= 15 is 0 Å². The van der Waals surface area contributed by atoms with E-state index in [2.05, 4.69) is 28.8 Å². The minimum atomic E-state index is -0.372. The zero-order valence-corrected chi connectivity index (χ0v) is 10.2. The molecule has 0 aliphatic carbocycles. The Morgan fingerprint density at radius 2 is 2.31 bits per heavy atom. The number of ether oxygens (including phenoxy) is 1. The van der Waals surface area contributed by atoms with E-state index < -0.39 is 0 Å². The number of rotatable bonds is 4. The largest absolute Gasteiger partial charge is 0.469 e. The fourth-order valence-electron chi connectivity index (χ4n) is 1.91. The van der Waals surface area contributed by atoms with Crippen molar-refractivity contribution < 1.29 is 14.3 Å². The fourth-order valence-corrected chi connectivity index (χ4v) is 1.91. The van der Waals surface area contributed by atoms with Gasteiger partial charge in [-0.3, -0.25) is 14.5 Å². The van der Waals surface area contributed by atoms with Gasteiger partial charge in [0, 0.05) is 19.6 Å². The first-order chi connectivity index (χ1) is 7.54. The Morgan fingerprint density at radius 3 is 2.88 bits per heavy atom. The number of amides is 1. The van der Waals surface area contributed by atoms with Gasteiger partial charge in [0.25, 0.3) is 0 Å². The molecule has 5 heteroatoms. The van der Waals surface area contributed by atoms with Crippen molar-refractivity contribution in [2.45, 2.75) is 26.3 Å². The second-order valence-corrected chi connectivity index (χ2v) is 4.48.